The maximum absolute atomic E-state index is 11.3. The first-order chi connectivity index (χ1) is 19.0. The molecule has 6 rings (SSSR count). The fourth-order valence-corrected chi connectivity index (χ4v) is 5.32. The molecule has 2 atom stereocenters. The average molecular weight is 529 g/mol. The number of pyridine rings is 1. The zero-order valence-electron chi connectivity index (χ0n) is 23.2. The van der Waals surface area contributed by atoms with Crippen LogP contribution in [0.3, 0.4) is 0 Å². The number of likely N-dealkylation sites (tertiary alicyclic amines) is 1. The predicted molar refractivity (Wildman–Crippen MR) is 153 cm³/mol. The lowest BCUT2D eigenvalue weighted by molar-refractivity contribution is -0.141. The maximum Gasteiger partial charge on any atom is 0.306 e. The summed E-state index contributed by atoms with van der Waals surface area (Å²) in [5.41, 5.74) is 6.97. The number of aliphatic carboxylic acids is 1. The largest absolute Gasteiger partial charge is 0.485 e. The molecule has 1 aromatic heterocycles. The lowest BCUT2D eigenvalue weighted by Crippen LogP contribution is -2.22. The quantitative estimate of drug-likeness (QED) is 0.345. The van der Waals surface area contributed by atoms with Crippen molar-refractivity contribution >= 4 is 5.97 Å². The summed E-state index contributed by atoms with van der Waals surface area (Å²) in [5.74, 6) is 0.299. The van der Waals surface area contributed by atoms with Crippen LogP contribution in [0.2, 0.25) is 0 Å². The number of carboxylic acid groups (broad SMARTS) is 1. The Morgan fingerprint density at radius 3 is 2.54 bits per heavy atom. The van der Waals surface area contributed by atoms with Crippen LogP contribution in [0.15, 0.2) is 54.7 Å². The number of hydrogen-bond donors (Lipinski definition) is 1. The van der Waals surface area contributed by atoms with E-state index in [9.17, 15) is 9.90 Å². The minimum atomic E-state index is -0.773. The van der Waals surface area contributed by atoms with Crippen molar-refractivity contribution in [2.75, 3.05) is 20.2 Å². The highest BCUT2D eigenvalue weighted by Gasteiger charge is 2.26. The van der Waals surface area contributed by atoms with Crippen molar-refractivity contribution in [3.05, 3.63) is 77.0 Å². The van der Waals surface area contributed by atoms with E-state index in [1.807, 2.05) is 24.3 Å². The molecular weight excluding hydrogens is 488 g/mol. The van der Waals surface area contributed by atoms with Crippen molar-refractivity contribution in [2.45, 2.75) is 70.9 Å². The van der Waals surface area contributed by atoms with Gasteiger partial charge in [-0.3, -0.25) is 9.69 Å². The summed E-state index contributed by atoms with van der Waals surface area (Å²) < 4.78 is 11.9. The molecule has 1 saturated heterocycles. The van der Waals surface area contributed by atoms with Crippen LogP contribution in [-0.4, -0.2) is 41.2 Å². The van der Waals surface area contributed by atoms with E-state index in [0.29, 0.717) is 12.3 Å². The van der Waals surface area contributed by atoms with E-state index in [4.69, 9.17) is 9.47 Å². The number of aromatic nitrogens is 1. The summed E-state index contributed by atoms with van der Waals surface area (Å²) in [6, 6.07) is 16.9. The second-order valence-corrected chi connectivity index (χ2v) is 11.1. The van der Waals surface area contributed by atoms with Crippen LogP contribution in [0.5, 0.6) is 11.6 Å². The van der Waals surface area contributed by atoms with Gasteiger partial charge in [-0.15, -0.1) is 0 Å². The normalized spacial score (nSPS) is 18.8. The van der Waals surface area contributed by atoms with Gasteiger partial charge in [0.05, 0.1) is 13.0 Å². The second kappa shape index (κ2) is 12.6. The molecule has 3 aliphatic rings. The Morgan fingerprint density at radius 2 is 1.82 bits per heavy atom. The molecular formula is C33H40N2O4. The SMILES string of the molecule is C1CC1.COc1cc(-c2ccc(C3CCc4ccc(CC(C)C(=O)O)cc4O3)c(CN3CCCC3)c2)ccn1. The van der Waals surface area contributed by atoms with Crippen molar-refractivity contribution in [1.82, 2.24) is 9.88 Å². The molecule has 2 aromatic carbocycles. The summed E-state index contributed by atoms with van der Waals surface area (Å²) in [4.78, 5) is 18.1. The molecule has 0 radical (unpaired) electrons. The topological polar surface area (TPSA) is 71.9 Å². The van der Waals surface area contributed by atoms with Gasteiger partial charge < -0.3 is 14.6 Å². The third kappa shape index (κ3) is 7.18. The summed E-state index contributed by atoms with van der Waals surface area (Å²) in [6.07, 6.45) is 11.1. The van der Waals surface area contributed by atoms with Gasteiger partial charge in [-0.05, 0) is 96.8 Å². The molecule has 206 valence electrons. The molecule has 2 fully saturated rings. The van der Waals surface area contributed by atoms with E-state index >= 15 is 0 Å². The monoisotopic (exact) mass is 528 g/mol. The van der Waals surface area contributed by atoms with E-state index in [0.717, 1.165) is 54.9 Å². The van der Waals surface area contributed by atoms with Gasteiger partial charge in [0.1, 0.15) is 11.9 Å². The van der Waals surface area contributed by atoms with Crippen LogP contribution in [0.4, 0.5) is 0 Å². The molecule has 3 heterocycles. The Balaban J connectivity index is 0.000000962. The molecule has 2 aliphatic heterocycles. The van der Waals surface area contributed by atoms with Gasteiger partial charge >= 0.3 is 5.97 Å². The minimum Gasteiger partial charge on any atom is -0.485 e. The molecule has 0 spiro atoms. The molecule has 1 N–H and O–H groups in total. The van der Waals surface area contributed by atoms with Crippen molar-refractivity contribution in [1.29, 1.82) is 0 Å². The van der Waals surface area contributed by atoms with Crippen LogP contribution in [-0.2, 0) is 24.2 Å². The molecule has 6 heteroatoms. The van der Waals surface area contributed by atoms with Gasteiger partial charge in [0, 0.05) is 18.8 Å². The zero-order chi connectivity index (χ0) is 27.2. The number of ether oxygens (including phenoxy) is 2. The average Bonchev–Trinajstić information content (AvgIpc) is 3.76. The fraction of sp³-hybridized carbons (Fsp3) is 0.455. The van der Waals surface area contributed by atoms with E-state index in [1.54, 1.807) is 20.2 Å². The van der Waals surface area contributed by atoms with Gasteiger partial charge in [0.2, 0.25) is 5.88 Å². The molecule has 39 heavy (non-hydrogen) atoms. The molecule has 0 bridgehead atoms. The van der Waals surface area contributed by atoms with Crippen LogP contribution in [0.25, 0.3) is 11.1 Å². The highest BCUT2D eigenvalue weighted by molar-refractivity contribution is 5.70. The Kier molecular flexibility index (Phi) is 8.82. The highest BCUT2D eigenvalue weighted by atomic mass is 16.5. The number of fused-ring (bicyclic) bond motifs is 1. The molecule has 1 saturated carbocycles. The van der Waals surface area contributed by atoms with Gasteiger partial charge in [-0.1, -0.05) is 50.5 Å². The van der Waals surface area contributed by atoms with Crippen LogP contribution in [0.1, 0.15) is 73.8 Å². The number of aryl methyl sites for hydroxylation is 1. The molecule has 1 aliphatic carbocycles. The minimum absolute atomic E-state index is 0.0247. The summed E-state index contributed by atoms with van der Waals surface area (Å²) >= 11 is 0. The van der Waals surface area contributed by atoms with Crippen LogP contribution in [0, 0.1) is 5.92 Å². The van der Waals surface area contributed by atoms with Crippen molar-refractivity contribution in [3.63, 3.8) is 0 Å². The maximum atomic E-state index is 11.3. The van der Waals surface area contributed by atoms with Gasteiger partial charge in [0.25, 0.3) is 0 Å². The summed E-state index contributed by atoms with van der Waals surface area (Å²) in [5, 5.41) is 9.31. The molecule has 3 aromatic rings. The van der Waals surface area contributed by atoms with Crippen molar-refractivity contribution < 1.29 is 19.4 Å². The summed E-state index contributed by atoms with van der Waals surface area (Å²) in [6.45, 7) is 4.92. The number of carboxylic acids is 1. The first-order valence-electron chi connectivity index (χ1n) is 14.4. The number of rotatable bonds is 8. The predicted octanol–water partition coefficient (Wildman–Crippen LogP) is 6.85. The smallest absolute Gasteiger partial charge is 0.306 e. The van der Waals surface area contributed by atoms with E-state index < -0.39 is 11.9 Å². The lowest BCUT2D eigenvalue weighted by Gasteiger charge is -2.29. The fourth-order valence-electron chi connectivity index (χ4n) is 5.32. The molecule has 0 amide bonds. The Bertz CT molecular complexity index is 1280. The lowest BCUT2D eigenvalue weighted by atomic mass is 9.91. The second-order valence-electron chi connectivity index (χ2n) is 11.1. The standard InChI is InChI=1S/C30H34N2O4.C3H6/c1-20(30(33)34)15-21-5-6-22-8-10-27(36-28(22)16-21)26-9-7-23(24-11-12-31-29(18-24)35-2)17-25(26)19-32-13-3-4-14-32;1-2-3-1/h5-7,9,11-12,16-18,20,27H,3-4,8,10,13-15,19H2,1-2H3,(H,33,34);1-3H2. The molecule has 2 unspecified atom stereocenters. The van der Waals surface area contributed by atoms with Crippen LogP contribution >= 0.6 is 0 Å². The third-order valence-corrected chi connectivity index (χ3v) is 7.75. The third-order valence-electron chi connectivity index (χ3n) is 7.75. The van der Waals surface area contributed by atoms with Gasteiger partial charge in [-0.2, -0.15) is 0 Å². The van der Waals surface area contributed by atoms with Gasteiger partial charge in [0.15, 0.2) is 0 Å². The highest BCUT2D eigenvalue weighted by Crippen LogP contribution is 2.38. The number of benzene rings is 2. The van der Waals surface area contributed by atoms with Crippen LogP contribution < -0.4 is 9.47 Å². The van der Waals surface area contributed by atoms with Gasteiger partial charge in [-0.25, -0.2) is 4.98 Å². The zero-order valence-corrected chi connectivity index (χ0v) is 23.2. The number of methoxy groups -OCH3 is 1. The number of carbonyl (C=O) groups is 1. The first-order valence-corrected chi connectivity index (χ1v) is 14.4. The Hall–Kier alpha value is -3.38. The van der Waals surface area contributed by atoms with E-state index in [1.165, 1.54) is 48.8 Å². The Labute approximate surface area is 232 Å². The molecule has 6 nitrogen and oxygen atoms in total. The number of hydrogen-bond acceptors (Lipinski definition) is 5. The van der Waals surface area contributed by atoms with Crippen molar-refractivity contribution in [2.24, 2.45) is 5.92 Å². The Morgan fingerprint density at radius 1 is 1.05 bits per heavy atom. The van der Waals surface area contributed by atoms with E-state index in [2.05, 4.69) is 34.1 Å². The van der Waals surface area contributed by atoms with E-state index in [-0.39, 0.29) is 6.10 Å². The first kappa shape index (κ1) is 27.2. The number of nitrogens with zero attached hydrogens (tertiary/aromatic N) is 2. The van der Waals surface area contributed by atoms with Crippen molar-refractivity contribution in [3.8, 4) is 22.8 Å². The summed E-state index contributed by atoms with van der Waals surface area (Å²) in [7, 11) is 1.64.